The lowest BCUT2D eigenvalue weighted by atomic mass is 9.74. The summed E-state index contributed by atoms with van der Waals surface area (Å²) in [5.41, 5.74) is 0.467. The molecule has 2 unspecified atom stereocenters. The Hall–Kier alpha value is -2.50. The molecule has 3 rings (SSSR count). The predicted octanol–water partition coefficient (Wildman–Crippen LogP) is 3.13. The topological polar surface area (TPSA) is 94.4 Å². The molecule has 2 aromatic carbocycles. The van der Waals surface area contributed by atoms with Crippen LogP contribution in [-0.4, -0.2) is 35.4 Å². The lowest BCUT2D eigenvalue weighted by Gasteiger charge is -2.47. The summed E-state index contributed by atoms with van der Waals surface area (Å²) in [6, 6.07) is 15.7. The summed E-state index contributed by atoms with van der Waals surface area (Å²) < 4.78 is 5.91. The van der Waals surface area contributed by atoms with E-state index in [1.807, 2.05) is 13.0 Å². The van der Waals surface area contributed by atoms with Crippen molar-refractivity contribution in [2.45, 2.75) is 25.0 Å². The number of aliphatic hydroxyl groups excluding tert-OH is 1. The number of nitriles is 1. The van der Waals surface area contributed by atoms with Crippen LogP contribution in [0, 0.1) is 17.2 Å². The van der Waals surface area contributed by atoms with Gasteiger partial charge in [-0.25, -0.2) is 0 Å². The lowest BCUT2D eigenvalue weighted by Crippen LogP contribution is -2.61. The Morgan fingerprint density at radius 3 is 2.77 bits per heavy atom. The van der Waals surface area contributed by atoms with Crippen molar-refractivity contribution in [2.24, 2.45) is 5.92 Å². The number of nitrogens with zero attached hydrogens (tertiary/aromatic N) is 1. The quantitative estimate of drug-likeness (QED) is 0.628. The SMILES string of the molecule is CC1CC(CO)[C@](NC(=S)NC(=O)c2ccccc2)(c2cc(C#N)ccc2Cl)CO1. The number of aliphatic hydroxyl groups is 1. The molecule has 0 bridgehead atoms. The Kier molecular flexibility index (Phi) is 7.06. The zero-order valence-electron chi connectivity index (χ0n) is 16.4. The molecule has 1 amide bonds. The van der Waals surface area contributed by atoms with Gasteiger partial charge in [-0.1, -0.05) is 29.8 Å². The summed E-state index contributed by atoms with van der Waals surface area (Å²) in [5, 5.41) is 25.9. The Morgan fingerprint density at radius 1 is 1.37 bits per heavy atom. The second-order valence-electron chi connectivity index (χ2n) is 7.29. The molecule has 0 radical (unpaired) electrons. The number of hydrogen-bond donors (Lipinski definition) is 3. The number of halogens is 1. The highest BCUT2D eigenvalue weighted by atomic mass is 35.5. The first-order valence-electron chi connectivity index (χ1n) is 9.50. The van der Waals surface area contributed by atoms with Gasteiger partial charge in [0.05, 0.1) is 29.9 Å². The Morgan fingerprint density at radius 2 is 2.10 bits per heavy atom. The number of carbonyl (C=O) groups is 1. The Bertz CT molecular complexity index is 979. The van der Waals surface area contributed by atoms with E-state index in [2.05, 4.69) is 16.7 Å². The minimum atomic E-state index is -1.01. The molecule has 0 spiro atoms. The zero-order valence-corrected chi connectivity index (χ0v) is 18.0. The van der Waals surface area contributed by atoms with E-state index in [1.54, 1.807) is 42.5 Å². The average molecular weight is 444 g/mol. The number of amides is 1. The van der Waals surface area contributed by atoms with Crippen molar-refractivity contribution in [3.05, 3.63) is 70.2 Å². The monoisotopic (exact) mass is 443 g/mol. The molecular weight excluding hydrogens is 422 g/mol. The minimum absolute atomic E-state index is 0.0671. The summed E-state index contributed by atoms with van der Waals surface area (Å²) in [5.74, 6) is -0.662. The second-order valence-corrected chi connectivity index (χ2v) is 8.10. The number of carbonyl (C=O) groups excluding carboxylic acids is 1. The molecule has 3 atom stereocenters. The lowest BCUT2D eigenvalue weighted by molar-refractivity contribution is -0.0747. The molecule has 6 nitrogen and oxygen atoms in total. The molecule has 0 aliphatic carbocycles. The maximum atomic E-state index is 12.5. The molecule has 0 saturated carbocycles. The van der Waals surface area contributed by atoms with Crippen LogP contribution in [0.15, 0.2) is 48.5 Å². The van der Waals surface area contributed by atoms with Crippen molar-refractivity contribution in [3.8, 4) is 6.07 Å². The standard InChI is InChI=1S/C22H22ClN3O3S/c1-14-9-17(12-27)22(13-29-14,18-10-15(11-24)7-8-19(18)23)26-21(30)25-20(28)16-5-3-2-4-6-16/h2-8,10,14,17,27H,9,12-13H2,1H3,(H2,25,26,28,30)/t14?,17?,22-/m0/s1. The number of nitrogens with one attached hydrogen (secondary N) is 2. The van der Waals surface area contributed by atoms with Crippen LogP contribution < -0.4 is 10.6 Å². The van der Waals surface area contributed by atoms with E-state index in [1.165, 1.54) is 0 Å². The minimum Gasteiger partial charge on any atom is -0.396 e. The van der Waals surface area contributed by atoms with Crippen LogP contribution in [-0.2, 0) is 10.3 Å². The van der Waals surface area contributed by atoms with Gasteiger partial charge in [0, 0.05) is 28.7 Å². The van der Waals surface area contributed by atoms with Crippen LogP contribution in [0.3, 0.4) is 0 Å². The summed E-state index contributed by atoms with van der Waals surface area (Å²) >= 11 is 11.9. The van der Waals surface area contributed by atoms with Gasteiger partial charge in [-0.05, 0) is 55.9 Å². The molecule has 0 aromatic heterocycles. The molecule has 8 heteroatoms. The molecular formula is C22H22ClN3O3S. The van der Waals surface area contributed by atoms with E-state index in [0.29, 0.717) is 28.1 Å². The summed E-state index contributed by atoms with van der Waals surface area (Å²) in [4.78, 5) is 12.5. The predicted molar refractivity (Wildman–Crippen MR) is 118 cm³/mol. The van der Waals surface area contributed by atoms with Gasteiger partial charge in [-0.15, -0.1) is 0 Å². The molecule has 1 aliphatic rings. The van der Waals surface area contributed by atoms with Crippen molar-refractivity contribution < 1.29 is 14.6 Å². The smallest absolute Gasteiger partial charge is 0.257 e. The number of benzene rings is 2. The second kappa shape index (κ2) is 9.54. The van der Waals surface area contributed by atoms with Gasteiger partial charge in [-0.2, -0.15) is 5.26 Å². The van der Waals surface area contributed by atoms with E-state index in [4.69, 9.17) is 28.6 Å². The number of rotatable bonds is 4. The number of hydrogen-bond acceptors (Lipinski definition) is 5. The average Bonchev–Trinajstić information content (AvgIpc) is 2.76. The van der Waals surface area contributed by atoms with Crippen LogP contribution in [0.5, 0.6) is 0 Å². The van der Waals surface area contributed by atoms with Gasteiger partial charge in [0.2, 0.25) is 0 Å². The van der Waals surface area contributed by atoms with Crippen LogP contribution in [0.25, 0.3) is 0 Å². The third-order valence-electron chi connectivity index (χ3n) is 5.30. The molecule has 1 saturated heterocycles. The van der Waals surface area contributed by atoms with Gasteiger partial charge in [-0.3, -0.25) is 10.1 Å². The van der Waals surface area contributed by atoms with E-state index < -0.39 is 5.54 Å². The van der Waals surface area contributed by atoms with Crippen LogP contribution in [0.4, 0.5) is 0 Å². The Labute approximate surface area is 185 Å². The summed E-state index contributed by atoms with van der Waals surface area (Å²) in [7, 11) is 0. The normalized spacial score (nSPS) is 23.3. The summed E-state index contributed by atoms with van der Waals surface area (Å²) in [6.45, 7) is 1.94. The molecule has 2 aromatic rings. The highest BCUT2D eigenvalue weighted by molar-refractivity contribution is 7.80. The highest BCUT2D eigenvalue weighted by Gasteiger charge is 2.46. The van der Waals surface area contributed by atoms with Crippen LogP contribution >= 0.6 is 23.8 Å². The van der Waals surface area contributed by atoms with Crippen LogP contribution in [0.2, 0.25) is 5.02 Å². The van der Waals surface area contributed by atoms with Crippen LogP contribution in [0.1, 0.15) is 34.8 Å². The Balaban J connectivity index is 1.95. The highest BCUT2D eigenvalue weighted by Crippen LogP contribution is 2.41. The molecule has 1 fully saturated rings. The van der Waals surface area contributed by atoms with E-state index in [-0.39, 0.29) is 36.3 Å². The molecule has 1 heterocycles. The molecule has 1 aliphatic heterocycles. The fraction of sp³-hybridized carbons (Fsp3) is 0.318. The molecule has 30 heavy (non-hydrogen) atoms. The third-order valence-corrected chi connectivity index (χ3v) is 5.84. The van der Waals surface area contributed by atoms with Gasteiger partial charge in [0.1, 0.15) is 0 Å². The van der Waals surface area contributed by atoms with E-state index in [9.17, 15) is 15.2 Å². The van der Waals surface area contributed by atoms with Gasteiger partial charge in [0.15, 0.2) is 5.11 Å². The van der Waals surface area contributed by atoms with Crippen molar-refractivity contribution in [2.75, 3.05) is 13.2 Å². The first kappa shape index (κ1) is 22.2. The van der Waals surface area contributed by atoms with Crippen molar-refractivity contribution in [1.29, 1.82) is 5.26 Å². The number of thiocarbonyl (C=S) groups is 1. The summed E-state index contributed by atoms with van der Waals surface area (Å²) in [6.07, 6.45) is 0.480. The van der Waals surface area contributed by atoms with Gasteiger partial charge in [0.25, 0.3) is 5.91 Å². The third kappa shape index (κ3) is 4.63. The van der Waals surface area contributed by atoms with Crippen molar-refractivity contribution >= 4 is 34.8 Å². The first-order valence-corrected chi connectivity index (χ1v) is 10.3. The molecule has 156 valence electrons. The maximum Gasteiger partial charge on any atom is 0.257 e. The zero-order chi connectivity index (χ0) is 21.7. The maximum absolute atomic E-state index is 12.5. The van der Waals surface area contributed by atoms with Crippen molar-refractivity contribution in [3.63, 3.8) is 0 Å². The van der Waals surface area contributed by atoms with Gasteiger partial charge >= 0.3 is 0 Å². The van der Waals surface area contributed by atoms with Gasteiger partial charge < -0.3 is 15.2 Å². The first-order chi connectivity index (χ1) is 14.4. The fourth-order valence-electron chi connectivity index (χ4n) is 3.73. The van der Waals surface area contributed by atoms with E-state index >= 15 is 0 Å². The fourth-order valence-corrected chi connectivity index (χ4v) is 4.29. The largest absolute Gasteiger partial charge is 0.396 e. The van der Waals surface area contributed by atoms with E-state index in [0.717, 1.165) is 0 Å². The number of ether oxygens (including phenoxy) is 1. The van der Waals surface area contributed by atoms with Crippen molar-refractivity contribution in [1.82, 2.24) is 10.6 Å². The molecule has 3 N–H and O–H groups in total.